The van der Waals surface area contributed by atoms with Crippen LogP contribution in [0.15, 0.2) is 46.7 Å². The number of nitrogens with one attached hydrogen (secondary N) is 1. The summed E-state index contributed by atoms with van der Waals surface area (Å²) in [6.45, 7) is -0.343. The molecule has 1 aliphatic heterocycles. The number of methoxy groups -OCH3 is 1. The zero-order chi connectivity index (χ0) is 17.8. The van der Waals surface area contributed by atoms with E-state index in [0.717, 1.165) is 21.5 Å². The summed E-state index contributed by atoms with van der Waals surface area (Å²) < 4.78 is 5.16. The van der Waals surface area contributed by atoms with Gasteiger partial charge in [0, 0.05) is 4.88 Å². The smallest absolute Gasteiger partial charge is 0.294 e. The molecular weight excluding hydrogens is 360 g/mol. The Balaban J connectivity index is 1.69. The Morgan fingerprint density at radius 3 is 2.76 bits per heavy atom. The first-order chi connectivity index (χ1) is 12.1. The fourth-order valence-corrected chi connectivity index (χ4v) is 3.78. The number of hydrogen-bond donors (Lipinski definition) is 1. The topological polar surface area (TPSA) is 75.7 Å². The largest absolute Gasteiger partial charge is 0.495 e. The molecule has 3 amide bonds. The molecule has 1 aliphatic rings. The van der Waals surface area contributed by atoms with E-state index in [9.17, 15) is 14.4 Å². The molecule has 0 bridgehead atoms. The van der Waals surface area contributed by atoms with Crippen LogP contribution in [0.5, 0.6) is 5.75 Å². The number of ether oxygens (including phenoxy) is 1. The molecule has 0 spiro atoms. The van der Waals surface area contributed by atoms with Crippen LogP contribution in [-0.4, -0.2) is 35.6 Å². The van der Waals surface area contributed by atoms with E-state index >= 15 is 0 Å². The number of rotatable bonds is 5. The van der Waals surface area contributed by atoms with Gasteiger partial charge >= 0.3 is 0 Å². The molecule has 8 heteroatoms. The van der Waals surface area contributed by atoms with Crippen molar-refractivity contribution in [3.8, 4) is 5.75 Å². The zero-order valence-electron chi connectivity index (χ0n) is 13.2. The molecular formula is C17H14N2O4S2. The number of amides is 3. The second-order valence-electron chi connectivity index (χ2n) is 5.03. The van der Waals surface area contributed by atoms with E-state index < -0.39 is 17.1 Å². The maximum Gasteiger partial charge on any atom is 0.294 e. The molecule has 1 fully saturated rings. The van der Waals surface area contributed by atoms with Crippen molar-refractivity contribution >= 4 is 51.9 Å². The molecule has 128 valence electrons. The van der Waals surface area contributed by atoms with Crippen LogP contribution < -0.4 is 10.1 Å². The molecule has 25 heavy (non-hydrogen) atoms. The van der Waals surface area contributed by atoms with Crippen molar-refractivity contribution < 1.29 is 19.1 Å². The number of thioether (sulfide) groups is 1. The summed E-state index contributed by atoms with van der Waals surface area (Å²) in [7, 11) is 1.50. The third-order valence-corrected chi connectivity index (χ3v) is 5.10. The van der Waals surface area contributed by atoms with Gasteiger partial charge in [-0.25, -0.2) is 0 Å². The first kappa shape index (κ1) is 17.2. The average molecular weight is 374 g/mol. The highest BCUT2D eigenvalue weighted by molar-refractivity contribution is 8.18. The van der Waals surface area contributed by atoms with Gasteiger partial charge in [0.25, 0.3) is 11.1 Å². The van der Waals surface area contributed by atoms with Crippen LogP contribution in [0.25, 0.3) is 6.08 Å². The average Bonchev–Trinajstić information content (AvgIpc) is 3.20. The van der Waals surface area contributed by atoms with E-state index in [1.165, 1.54) is 18.4 Å². The Morgan fingerprint density at radius 2 is 2.04 bits per heavy atom. The quantitative estimate of drug-likeness (QED) is 0.812. The van der Waals surface area contributed by atoms with Crippen molar-refractivity contribution in [1.82, 2.24) is 4.90 Å². The lowest BCUT2D eigenvalue weighted by molar-refractivity contribution is -0.127. The molecule has 1 saturated heterocycles. The number of imide groups is 1. The zero-order valence-corrected chi connectivity index (χ0v) is 14.9. The van der Waals surface area contributed by atoms with E-state index in [1.807, 2.05) is 17.5 Å². The van der Waals surface area contributed by atoms with Crippen LogP contribution in [-0.2, 0) is 9.59 Å². The van der Waals surface area contributed by atoms with Crippen molar-refractivity contribution in [3.63, 3.8) is 0 Å². The van der Waals surface area contributed by atoms with Crippen LogP contribution >= 0.6 is 23.1 Å². The van der Waals surface area contributed by atoms with E-state index in [4.69, 9.17) is 4.74 Å². The Hall–Kier alpha value is -2.58. The van der Waals surface area contributed by atoms with Gasteiger partial charge in [-0.15, -0.1) is 11.3 Å². The number of anilines is 1. The number of hydrogen-bond acceptors (Lipinski definition) is 6. The van der Waals surface area contributed by atoms with Crippen LogP contribution in [0, 0.1) is 0 Å². The van der Waals surface area contributed by atoms with Gasteiger partial charge < -0.3 is 10.1 Å². The third-order valence-electron chi connectivity index (χ3n) is 3.37. The minimum atomic E-state index is -0.468. The van der Waals surface area contributed by atoms with Gasteiger partial charge in [-0.1, -0.05) is 18.2 Å². The van der Waals surface area contributed by atoms with Crippen molar-refractivity contribution in [2.45, 2.75) is 0 Å². The molecule has 6 nitrogen and oxygen atoms in total. The van der Waals surface area contributed by atoms with E-state index in [-0.39, 0.29) is 6.54 Å². The molecule has 0 radical (unpaired) electrons. The van der Waals surface area contributed by atoms with Crippen molar-refractivity contribution in [1.29, 1.82) is 0 Å². The van der Waals surface area contributed by atoms with Crippen LogP contribution in [0.2, 0.25) is 0 Å². The maximum absolute atomic E-state index is 12.4. The van der Waals surface area contributed by atoms with Crippen molar-refractivity contribution in [3.05, 3.63) is 51.6 Å². The summed E-state index contributed by atoms with van der Waals surface area (Å²) >= 11 is 2.31. The van der Waals surface area contributed by atoms with Gasteiger partial charge in [-0.3, -0.25) is 19.3 Å². The molecule has 0 atom stereocenters. The fourth-order valence-electron chi connectivity index (χ4n) is 2.22. The van der Waals surface area contributed by atoms with Gasteiger partial charge in [0.05, 0.1) is 17.7 Å². The van der Waals surface area contributed by atoms with Gasteiger partial charge in [0.15, 0.2) is 0 Å². The summed E-state index contributed by atoms with van der Waals surface area (Å²) in [5.74, 6) is -0.426. The minimum Gasteiger partial charge on any atom is -0.495 e. The highest BCUT2D eigenvalue weighted by atomic mass is 32.2. The molecule has 3 rings (SSSR count). The highest BCUT2D eigenvalue weighted by Crippen LogP contribution is 2.33. The van der Waals surface area contributed by atoms with Crippen LogP contribution in [0.3, 0.4) is 0 Å². The molecule has 1 aromatic carbocycles. The highest BCUT2D eigenvalue weighted by Gasteiger charge is 2.36. The summed E-state index contributed by atoms with van der Waals surface area (Å²) in [5, 5.41) is 4.08. The second kappa shape index (κ2) is 7.54. The normalized spacial score (nSPS) is 15.7. The lowest BCUT2D eigenvalue weighted by atomic mass is 10.3. The standard InChI is InChI=1S/C17H14N2O4S2/c1-23-13-7-3-2-6-12(13)18-15(20)10-19-16(21)14(25-17(19)22)9-11-5-4-8-24-11/h2-9H,10H2,1H3,(H,18,20). The lowest BCUT2D eigenvalue weighted by Crippen LogP contribution is -2.36. The first-order valence-corrected chi connectivity index (χ1v) is 9.00. The lowest BCUT2D eigenvalue weighted by Gasteiger charge is -2.14. The van der Waals surface area contributed by atoms with Crippen LogP contribution in [0.4, 0.5) is 10.5 Å². The Labute approximate surface area is 152 Å². The molecule has 0 unspecified atom stereocenters. The predicted octanol–water partition coefficient (Wildman–Crippen LogP) is 3.43. The number of para-hydroxylation sites is 2. The summed E-state index contributed by atoms with van der Waals surface area (Å²) in [4.78, 5) is 38.8. The monoisotopic (exact) mass is 374 g/mol. The van der Waals surface area contributed by atoms with Crippen LogP contribution in [0.1, 0.15) is 4.88 Å². The molecule has 0 saturated carbocycles. The summed E-state index contributed by atoms with van der Waals surface area (Å²) in [5.41, 5.74) is 0.482. The SMILES string of the molecule is COc1ccccc1NC(=O)CN1C(=O)SC(=Cc2cccs2)C1=O. The van der Waals surface area contributed by atoms with Crippen molar-refractivity contribution in [2.75, 3.05) is 19.0 Å². The number of carbonyl (C=O) groups is 3. The van der Waals surface area contributed by atoms with E-state index in [2.05, 4.69) is 5.32 Å². The minimum absolute atomic E-state index is 0.317. The summed E-state index contributed by atoms with van der Waals surface area (Å²) in [6, 6.07) is 10.6. The maximum atomic E-state index is 12.4. The Bertz CT molecular complexity index is 846. The molecule has 1 aromatic heterocycles. The van der Waals surface area contributed by atoms with Gasteiger partial charge in [-0.05, 0) is 41.4 Å². The third kappa shape index (κ3) is 3.92. The fraction of sp³-hybridized carbons (Fsp3) is 0.118. The Kier molecular flexibility index (Phi) is 5.20. The molecule has 2 heterocycles. The number of nitrogens with zero attached hydrogens (tertiary/aromatic N) is 1. The van der Waals surface area contributed by atoms with E-state index in [0.29, 0.717) is 16.3 Å². The predicted molar refractivity (Wildman–Crippen MR) is 98.6 cm³/mol. The first-order valence-electron chi connectivity index (χ1n) is 7.30. The Morgan fingerprint density at radius 1 is 1.24 bits per heavy atom. The van der Waals surface area contributed by atoms with E-state index in [1.54, 1.807) is 30.3 Å². The molecule has 2 aromatic rings. The van der Waals surface area contributed by atoms with Gasteiger partial charge in [-0.2, -0.15) is 0 Å². The number of thiophene rings is 1. The summed E-state index contributed by atoms with van der Waals surface area (Å²) in [6.07, 6.45) is 1.66. The second-order valence-corrected chi connectivity index (χ2v) is 7.00. The number of carbonyl (C=O) groups excluding carboxylic acids is 3. The number of benzene rings is 1. The molecule has 1 N–H and O–H groups in total. The molecule has 0 aliphatic carbocycles. The van der Waals surface area contributed by atoms with Gasteiger partial charge in [0.2, 0.25) is 5.91 Å². The van der Waals surface area contributed by atoms with Crippen molar-refractivity contribution in [2.24, 2.45) is 0 Å². The van der Waals surface area contributed by atoms with Gasteiger partial charge in [0.1, 0.15) is 12.3 Å².